The van der Waals surface area contributed by atoms with Gasteiger partial charge in [0, 0.05) is 48.1 Å². The zero-order chi connectivity index (χ0) is 19.3. The minimum absolute atomic E-state index is 0.243. The normalized spacial score (nSPS) is 14.1. The number of amides is 1. The summed E-state index contributed by atoms with van der Waals surface area (Å²) in [7, 11) is 0. The molecule has 0 spiro atoms. The molecule has 1 N–H and O–H groups in total. The molecule has 6 nitrogen and oxygen atoms in total. The van der Waals surface area contributed by atoms with E-state index in [4.69, 9.17) is 4.74 Å². The van der Waals surface area contributed by atoms with Crippen molar-refractivity contribution in [2.45, 2.75) is 26.2 Å². The summed E-state index contributed by atoms with van der Waals surface area (Å²) in [5.41, 5.74) is 2.35. The maximum absolute atomic E-state index is 12.9. The van der Waals surface area contributed by atoms with Gasteiger partial charge in [0.05, 0.1) is 12.3 Å². The fourth-order valence-electron chi connectivity index (χ4n) is 3.70. The Morgan fingerprint density at radius 2 is 1.96 bits per heavy atom. The number of anilines is 2. The molecule has 6 heteroatoms. The van der Waals surface area contributed by atoms with E-state index in [9.17, 15) is 4.79 Å². The Labute approximate surface area is 164 Å². The molecule has 1 aliphatic heterocycles. The predicted octanol–water partition coefficient (Wildman–Crippen LogP) is 4.27. The molecule has 0 atom stereocenters. The molecule has 1 aromatic carbocycles. The minimum atomic E-state index is -0.243. The van der Waals surface area contributed by atoms with E-state index < -0.39 is 0 Å². The quantitative estimate of drug-likeness (QED) is 0.720. The van der Waals surface area contributed by atoms with Crippen LogP contribution in [-0.4, -0.2) is 35.6 Å². The molecule has 0 unspecified atom stereocenters. The van der Waals surface area contributed by atoms with E-state index in [0.29, 0.717) is 18.1 Å². The summed E-state index contributed by atoms with van der Waals surface area (Å²) in [6.45, 7) is 4.45. The van der Waals surface area contributed by atoms with Crippen LogP contribution in [-0.2, 0) is 0 Å². The molecule has 0 bridgehead atoms. The van der Waals surface area contributed by atoms with Crippen molar-refractivity contribution in [1.29, 1.82) is 0 Å². The Kier molecular flexibility index (Phi) is 5.37. The number of hydrogen-bond donors (Lipinski definition) is 1. The largest absolute Gasteiger partial charge is 0.477 e. The molecule has 2 aromatic heterocycles. The summed E-state index contributed by atoms with van der Waals surface area (Å²) < 4.78 is 5.49. The van der Waals surface area contributed by atoms with E-state index in [1.165, 1.54) is 24.9 Å². The van der Waals surface area contributed by atoms with Gasteiger partial charge in [0.15, 0.2) is 0 Å². The molecule has 4 rings (SSSR count). The number of pyridine rings is 2. The number of carbonyl (C=O) groups is 1. The fraction of sp³-hybridized carbons (Fsp3) is 0.318. The van der Waals surface area contributed by atoms with Crippen molar-refractivity contribution in [2.75, 3.05) is 29.9 Å². The molecular formula is C22H24N4O2. The monoisotopic (exact) mass is 376 g/mol. The molecule has 0 radical (unpaired) electrons. The van der Waals surface area contributed by atoms with E-state index >= 15 is 0 Å². The number of aromatic nitrogens is 2. The van der Waals surface area contributed by atoms with Crippen molar-refractivity contribution in [3.05, 3.63) is 54.5 Å². The highest BCUT2D eigenvalue weighted by Gasteiger charge is 2.18. The van der Waals surface area contributed by atoms with Crippen LogP contribution >= 0.6 is 0 Å². The minimum Gasteiger partial charge on any atom is -0.477 e. The van der Waals surface area contributed by atoms with Gasteiger partial charge in [-0.15, -0.1) is 0 Å². The molecule has 1 aliphatic rings. The highest BCUT2D eigenvalue weighted by atomic mass is 16.5. The lowest BCUT2D eigenvalue weighted by Gasteiger charge is -2.30. The van der Waals surface area contributed by atoms with Crippen LogP contribution in [0.25, 0.3) is 10.8 Å². The van der Waals surface area contributed by atoms with Crippen LogP contribution in [0, 0.1) is 0 Å². The molecule has 3 heterocycles. The van der Waals surface area contributed by atoms with Gasteiger partial charge in [0.25, 0.3) is 5.91 Å². The number of hydrogen-bond acceptors (Lipinski definition) is 5. The van der Waals surface area contributed by atoms with Crippen LogP contribution < -0.4 is 15.0 Å². The van der Waals surface area contributed by atoms with E-state index in [0.717, 1.165) is 29.5 Å². The first-order valence-electron chi connectivity index (χ1n) is 9.79. The van der Waals surface area contributed by atoms with Gasteiger partial charge in [-0.25, -0.2) is 4.98 Å². The topological polar surface area (TPSA) is 67.3 Å². The molecule has 1 amide bonds. The van der Waals surface area contributed by atoms with E-state index in [-0.39, 0.29) is 5.91 Å². The van der Waals surface area contributed by atoms with Gasteiger partial charge in [-0.2, -0.15) is 0 Å². The number of piperidine rings is 1. The van der Waals surface area contributed by atoms with Crippen molar-refractivity contribution >= 4 is 28.1 Å². The first-order chi connectivity index (χ1) is 13.8. The Morgan fingerprint density at radius 1 is 1.11 bits per heavy atom. The molecule has 28 heavy (non-hydrogen) atoms. The van der Waals surface area contributed by atoms with Gasteiger partial charge in [-0.05, 0) is 56.5 Å². The van der Waals surface area contributed by atoms with Crippen LogP contribution in [0.15, 0.2) is 48.9 Å². The molecule has 0 aliphatic carbocycles. The summed E-state index contributed by atoms with van der Waals surface area (Å²) in [6, 6.07) is 9.52. The lowest BCUT2D eigenvalue weighted by Crippen LogP contribution is -2.29. The Morgan fingerprint density at radius 3 is 2.79 bits per heavy atom. The number of fused-ring (bicyclic) bond motifs is 1. The molecule has 144 valence electrons. The second-order valence-electron chi connectivity index (χ2n) is 6.84. The standard InChI is InChI=1S/C22H24N4O2/c1-2-28-22-17(7-6-11-24-22)21(27)25-19-8-9-20(26-13-4-3-5-14-26)16-10-12-23-15-18(16)19/h6-12,15H,2-5,13-14H2,1H3,(H,25,27). The van der Waals surface area contributed by atoms with Crippen LogP contribution in [0.4, 0.5) is 11.4 Å². The molecule has 0 saturated carbocycles. The Hall–Kier alpha value is -3.15. The third-order valence-electron chi connectivity index (χ3n) is 5.04. The summed E-state index contributed by atoms with van der Waals surface area (Å²) in [5, 5.41) is 5.05. The average molecular weight is 376 g/mol. The van der Waals surface area contributed by atoms with Gasteiger partial charge < -0.3 is 15.0 Å². The number of benzene rings is 1. The first kappa shape index (κ1) is 18.2. The summed E-state index contributed by atoms with van der Waals surface area (Å²) in [4.78, 5) is 23.7. The zero-order valence-electron chi connectivity index (χ0n) is 16.0. The summed E-state index contributed by atoms with van der Waals surface area (Å²) >= 11 is 0. The Bertz CT molecular complexity index is 983. The number of nitrogens with zero attached hydrogens (tertiary/aromatic N) is 3. The molecule has 1 fully saturated rings. The average Bonchev–Trinajstić information content (AvgIpc) is 2.75. The smallest absolute Gasteiger partial charge is 0.261 e. The number of rotatable bonds is 5. The molecular weight excluding hydrogens is 352 g/mol. The number of carbonyl (C=O) groups excluding carboxylic acids is 1. The van der Waals surface area contributed by atoms with E-state index in [2.05, 4.69) is 26.3 Å². The first-order valence-corrected chi connectivity index (χ1v) is 9.79. The summed E-state index contributed by atoms with van der Waals surface area (Å²) in [5.74, 6) is 0.0993. The Balaban J connectivity index is 1.67. The highest BCUT2D eigenvalue weighted by Crippen LogP contribution is 2.33. The highest BCUT2D eigenvalue weighted by molar-refractivity contribution is 6.11. The van der Waals surface area contributed by atoms with Gasteiger partial charge in [-0.3, -0.25) is 9.78 Å². The lowest BCUT2D eigenvalue weighted by molar-refractivity contribution is 0.102. The SMILES string of the molecule is CCOc1ncccc1C(=O)Nc1ccc(N2CCCCC2)c2ccncc12. The second-order valence-corrected chi connectivity index (χ2v) is 6.84. The predicted molar refractivity (Wildman–Crippen MR) is 111 cm³/mol. The van der Waals surface area contributed by atoms with Crippen molar-refractivity contribution in [3.8, 4) is 5.88 Å². The van der Waals surface area contributed by atoms with Crippen LogP contribution in [0.2, 0.25) is 0 Å². The second kappa shape index (κ2) is 8.25. The van der Waals surface area contributed by atoms with Crippen molar-refractivity contribution in [2.24, 2.45) is 0 Å². The van der Waals surface area contributed by atoms with Crippen molar-refractivity contribution < 1.29 is 9.53 Å². The lowest BCUT2D eigenvalue weighted by atomic mass is 10.0. The van der Waals surface area contributed by atoms with Crippen LogP contribution in [0.3, 0.4) is 0 Å². The van der Waals surface area contributed by atoms with Crippen molar-refractivity contribution in [3.63, 3.8) is 0 Å². The van der Waals surface area contributed by atoms with Crippen LogP contribution in [0.5, 0.6) is 5.88 Å². The van der Waals surface area contributed by atoms with Gasteiger partial charge in [0.1, 0.15) is 5.56 Å². The van der Waals surface area contributed by atoms with Gasteiger partial charge >= 0.3 is 0 Å². The third kappa shape index (κ3) is 3.63. The molecule has 3 aromatic rings. The number of ether oxygens (including phenoxy) is 1. The summed E-state index contributed by atoms with van der Waals surface area (Å²) in [6.07, 6.45) is 8.95. The molecule has 1 saturated heterocycles. The number of nitrogens with one attached hydrogen (secondary N) is 1. The van der Waals surface area contributed by atoms with Gasteiger partial charge in [0.2, 0.25) is 5.88 Å². The van der Waals surface area contributed by atoms with E-state index in [1.807, 2.05) is 25.3 Å². The fourth-order valence-corrected chi connectivity index (χ4v) is 3.70. The zero-order valence-corrected chi connectivity index (χ0v) is 16.0. The van der Waals surface area contributed by atoms with Crippen molar-refractivity contribution in [1.82, 2.24) is 9.97 Å². The third-order valence-corrected chi connectivity index (χ3v) is 5.04. The van der Waals surface area contributed by atoms with E-state index in [1.54, 1.807) is 24.5 Å². The maximum atomic E-state index is 12.9. The van der Waals surface area contributed by atoms with Crippen LogP contribution in [0.1, 0.15) is 36.5 Å². The maximum Gasteiger partial charge on any atom is 0.261 e. The van der Waals surface area contributed by atoms with Gasteiger partial charge in [-0.1, -0.05) is 0 Å².